The summed E-state index contributed by atoms with van der Waals surface area (Å²) in [6.07, 6.45) is 0. The standard InChI is InChI=1S/C12H10O6S/c13-7-3-1-5-9(11(7)15)19(17,18)10-6-2-4-8(14)12(10)16/h1-6,13-16H. The molecule has 2 rings (SSSR count). The average molecular weight is 282 g/mol. The third-order valence-corrected chi connectivity index (χ3v) is 4.35. The molecule has 100 valence electrons. The molecular formula is C12H10O6S. The molecule has 0 radical (unpaired) electrons. The van der Waals surface area contributed by atoms with Gasteiger partial charge < -0.3 is 20.4 Å². The van der Waals surface area contributed by atoms with Crippen molar-refractivity contribution in [1.29, 1.82) is 0 Å². The molecule has 0 unspecified atom stereocenters. The van der Waals surface area contributed by atoms with Gasteiger partial charge in [0.15, 0.2) is 23.0 Å². The van der Waals surface area contributed by atoms with Gasteiger partial charge in [-0.05, 0) is 24.3 Å². The Morgan fingerprint density at radius 2 is 1.05 bits per heavy atom. The maximum Gasteiger partial charge on any atom is 0.214 e. The van der Waals surface area contributed by atoms with Crippen molar-refractivity contribution < 1.29 is 28.8 Å². The van der Waals surface area contributed by atoms with Gasteiger partial charge in [-0.2, -0.15) is 0 Å². The van der Waals surface area contributed by atoms with Gasteiger partial charge in [-0.1, -0.05) is 12.1 Å². The number of aromatic hydroxyl groups is 4. The Balaban J connectivity index is 2.73. The van der Waals surface area contributed by atoms with Crippen LogP contribution in [0, 0.1) is 0 Å². The van der Waals surface area contributed by atoms with Gasteiger partial charge >= 0.3 is 0 Å². The third kappa shape index (κ3) is 2.04. The van der Waals surface area contributed by atoms with Gasteiger partial charge in [0.05, 0.1) is 0 Å². The molecule has 0 saturated carbocycles. The molecule has 0 heterocycles. The van der Waals surface area contributed by atoms with Crippen molar-refractivity contribution >= 4 is 9.84 Å². The van der Waals surface area contributed by atoms with E-state index in [-0.39, 0.29) is 0 Å². The second-order valence-corrected chi connectivity index (χ2v) is 5.64. The smallest absolute Gasteiger partial charge is 0.214 e. The Bertz CT molecular complexity index is 678. The summed E-state index contributed by atoms with van der Waals surface area (Å²) >= 11 is 0. The lowest BCUT2D eigenvalue weighted by Crippen LogP contribution is -2.02. The number of para-hydroxylation sites is 2. The minimum absolute atomic E-state index is 0.562. The molecule has 7 heteroatoms. The molecule has 0 aromatic heterocycles. The van der Waals surface area contributed by atoms with E-state index in [1.54, 1.807) is 0 Å². The Morgan fingerprint density at radius 1 is 0.684 bits per heavy atom. The van der Waals surface area contributed by atoms with Crippen LogP contribution in [0.3, 0.4) is 0 Å². The highest BCUT2D eigenvalue weighted by Crippen LogP contribution is 2.40. The van der Waals surface area contributed by atoms with Crippen molar-refractivity contribution in [3.8, 4) is 23.0 Å². The van der Waals surface area contributed by atoms with Gasteiger partial charge in [0.2, 0.25) is 9.84 Å². The van der Waals surface area contributed by atoms with Gasteiger partial charge in [0.1, 0.15) is 9.79 Å². The predicted molar refractivity (Wildman–Crippen MR) is 65.0 cm³/mol. The van der Waals surface area contributed by atoms with Crippen molar-refractivity contribution in [2.24, 2.45) is 0 Å². The Labute approximate surface area is 108 Å². The Kier molecular flexibility index (Phi) is 2.99. The SMILES string of the molecule is O=S(=O)(c1cccc(O)c1O)c1cccc(O)c1O. The van der Waals surface area contributed by atoms with Crippen LogP contribution in [0.5, 0.6) is 23.0 Å². The fraction of sp³-hybridized carbons (Fsp3) is 0. The second-order valence-electron chi connectivity index (χ2n) is 3.75. The van der Waals surface area contributed by atoms with Crippen LogP contribution in [0.25, 0.3) is 0 Å². The number of hydrogen-bond donors (Lipinski definition) is 4. The molecule has 6 nitrogen and oxygen atoms in total. The number of rotatable bonds is 2. The van der Waals surface area contributed by atoms with E-state index in [0.717, 1.165) is 24.3 Å². The zero-order chi connectivity index (χ0) is 14.2. The van der Waals surface area contributed by atoms with Crippen LogP contribution >= 0.6 is 0 Å². The molecule has 4 N–H and O–H groups in total. The Hall–Kier alpha value is -2.41. The molecule has 0 atom stereocenters. The predicted octanol–water partition coefficient (Wildman–Crippen LogP) is 1.34. The van der Waals surface area contributed by atoms with Gasteiger partial charge in [-0.3, -0.25) is 0 Å². The fourth-order valence-electron chi connectivity index (χ4n) is 1.57. The normalized spacial score (nSPS) is 11.4. The molecule has 0 aliphatic heterocycles. The van der Waals surface area contributed by atoms with Crippen molar-refractivity contribution in [2.75, 3.05) is 0 Å². The lowest BCUT2D eigenvalue weighted by atomic mass is 10.3. The Morgan fingerprint density at radius 3 is 1.42 bits per heavy atom. The van der Waals surface area contributed by atoms with E-state index in [1.807, 2.05) is 0 Å². The first-order valence-corrected chi connectivity index (χ1v) is 6.61. The lowest BCUT2D eigenvalue weighted by molar-refractivity contribution is 0.389. The molecule has 2 aromatic carbocycles. The molecule has 0 bridgehead atoms. The van der Waals surface area contributed by atoms with Gasteiger partial charge in [0, 0.05) is 0 Å². The molecule has 19 heavy (non-hydrogen) atoms. The van der Waals surface area contributed by atoms with E-state index < -0.39 is 42.6 Å². The summed E-state index contributed by atoms with van der Waals surface area (Å²) in [5, 5.41) is 37.8. The first-order valence-electron chi connectivity index (χ1n) is 5.12. The number of sulfone groups is 1. The summed E-state index contributed by atoms with van der Waals surface area (Å²) in [7, 11) is -4.27. The lowest BCUT2D eigenvalue weighted by Gasteiger charge is -2.09. The van der Waals surface area contributed by atoms with Crippen LogP contribution in [0.1, 0.15) is 0 Å². The van der Waals surface area contributed by atoms with Gasteiger partial charge in [-0.25, -0.2) is 8.42 Å². The number of benzene rings is 2. The second kappa shape index (κ2) is 4.36. The monoisotopic (exact) mass is 282 g/mol. The molecule has 0 aliphatic carbocycles. The van der Waals surface area contributed by atoms with E-state index in [1.165, 1.54) is 12.1 Å². The quantitative estimate of drug-likeness (QED) is 0.618. The number of phenolic OH excluding ortho intramolecular Hbond substituents is 4. The van der Waals surface area contributed by atoms with Crippen LogP contribution in [-0.2, 0) is 9.84 Å². The largest absolute Gasteiger partial charge is 0.504 e. The van der Waals surface area contributed by atoms with Gasteiger partial charge in [-0.15, -0.1) is 0 Å². The van der Waals surface area contributed by atoms with Crippen LogP contribution < -0.4 is 0 Å². The summed E-state index contributed by atoms with van der Waals surface area (Å²) in [5.74, 6) is -2.82. The highest BCUT2D eigenvalue weighted by Gasteiger charge is 2.27. The van der Waals surface area contributed by atoms with Crippen molar-refractivity contribution in [3.63, 3.8) is 0 Å². The first-order chi connectivity index (χ1) is 8.85. The topological polar surface area (TPSA) is 115 Å². The summed E-state index contributed by atoms with van der Waals surface area (Å²) in [6, 6.07) is 6.87. The zero-order valence-corrected chi connectivity index (χ0v) is 10.3. The number of phenols is 4. The van der Waals surface area contributed by atoms with E-state index in [9.17, 15) is 28.8 Å². The summed E-state index contributed by atoms with van der Waals surface area (Å²) < 4.78 is 24.5. The maximum atomic E-state index is 12.2. The van der Waals surface area contributed by atoms with Crippen LogP contribution in [0.2, 0.25) is 0 Å². The van der Waals surface area contributed by atoms with Crippen LogP contribution in [-0.4, -0.2) is 28.8 Å². The molecule has 0 amide bonds. The average Bonchev–Trinajstić information content (AvgIpc) is 2.35. The highest BCUT2D eigenvalue weighted by atomic mass is 32.2. The molecule has 2 aromatic rings. The van der Waals surface area contributed by atoms with Crippen LogP contribution in [0.15, 0.2) is 46.2 Å². The molecule has 0 aliphatic rings. The molecule has 0 fully saturated rings. The van der Waals surface area contributed by atoms with Crippen molar-refractivity contribution in [1.82, 2.24) is 0 Å². The third-order valence-electron chi connectivity index (χ3n) is 2.53. The van der Waals surface area contributed by atoms with E-state index in [2.05, 4.69) is 0 Å². The minimum Gasteiger partial charge on any atom is -0.504 e. The first kappa shape index (κ1) is 13.0. The van der Waals surface area contributed by atoms with Crippen LogP contribution in [0.4, 0.5) is 0 Å². The van der Waals surface area contributed by atoms with E-state index >= 15 is 0 Å². The summed E-state index contributed by atoms with van der Waals surface area (Å²) in [6.45, 7) is 0. The van der Waals surface area contributed by atoms with E-state index in [4.69, 9.17) is 0 Å². The summed E-state index contributed by atoms with van der Waals surface area (Å²) in [4.78, 5) is -1.12. The molecule has 0 spiro atoms. The summed E-state index contributed by atoms with van der Waals surface area (Å²) in [5.41, 5.74) is 0. The highest BCUT2D eigenvalue weighted by molar-refractivity contribution is 7.91. The molecule has 0 saturated heterocycles. The van der Waals surface area contributed by atoms with Crippen molar-refractivity contribution in [3.05, 3.63) is 36.4 Å². The fourth-order valence-corrected chi connectivity index (χ4v) is 3.04. The zero-order valence-electron chi connectivity index (χ0n) is 9.48. The minimum atomic E-state index is -4.27. The maximum absolute atomic E-state index is 12.2. The van der Waals surface area contributed by atoms with Gasteiger partial charge in [0.25, 0.3) is 0 Å². The number of hydrogen-bond acceptors (Lipinski definition) is 6. The molecular weight excluding hydrogens is 272 g/mol. The van der Waals surface area contributed by atoms with Crippen molar-refractivity contribution in [2.45, 2.75) is 9.79 Å². The van der Waals surface area contributed by atoms with E-state index in [0.29, 0.717) is 0 Å².